The first-order chi connectivity index (χ1) is 10.6. The molecule has 0 radical (unpaired) electrons. The van der Waals surface area contributed by atoms with Crippen LogP contribution in [0.2, 0.25) is 0 Å². The number of carbonyl (C=O) groups excluding carboxylic acids is 1. The number of nitrogens with zero attached hydrogens (tertiary/aromatic N) is 2. The number of anilines is 2. The van der Waals surface area contributed by atoms with Crippen LogP contribution in [0.5, 0.6) is 0 Å². The van der Waals surface area contributed by atoms with Gasteiger partial charge in [-0.05, 0) is 30.7 Å². The molecule has 5 heteroatoms. The number of amides is 1. The van der Waals surface area contributed by atoms with Gasteiger partial charge in [-0.1, -0.05) is 41.7 Å². The van der Waals surface area contributed by atoms with E-state index in [2.05, 4.69) is 10.3 Å². The topological polar surface area (TPSA) is 45.2 Å². The van der Waals surface area contributed by atoms with Crippen LogP contribution in [-0.2, 0) is 4.79 Å². The van der Waals surface area contributed by atoms with Gasteiger partial charge in [0.15, 0.2) is 5.13 Å². The number of likely N-dealkylation sites (N-methyl/N-ethyl adjacent to an activating group) is 1. The van der Waals surface area contributed by atoms with Crippen LogP contribution in [0.15, 0.2) is 48.5 Å². The molecule has 1 amide bonds. The predicted molar refractivity (Wildman–Crippen MR) is 92.7 cm³/mol. The van der Waals surface area contributed by atoms with E-state index < -0.39 is 0 Å². The molecule has 1 heterocycles. The van der Waals surface area contributed by atoms with E-state index in [0.29, 0.717) is 0 Å². The SMILES string of the molecule is Cc1ccccc1NC(=O)CN(C)c1nc2ccccc2s1. The van der Waals surface area contributed by atoms with Gasteiger partial charge in [0.25, 0.3) is 0 Å². The molecule has 0 aliphatic heterocycles. The fourth-order valence-corrected chi connectivity index (χ4v) is 3.14. The summed E-state index contributed by atoms with van der Waals surface area (Å²) < 4.78 is 1.13. The number of benzene rings is 2. The monoisotopic (exact) mass is 311 g/mol. The number of hydrogen-bond donors (Lipinski definition) is 1. The lowest BCUT2D eigenvalue weighted by Gasteiger charge is -2.15. The van der Waals surface area contributed by atoms with Crippen molar-refractivity contribution < 1.29 is 4.79 Å². The zero-order chi connectivity index (χ0) is 15.5. The van der Waals surface area contributed by atoms with Crippen molar-refractivity contribution in [2.24, 2.45) is 0 Å². The molecule has 0 unspecified atom stereocenters. The van der Waals surface area contributed by atoms with Gasteiger partial charge in [-0.2, -0.15) is 0 Å². The third kappa shape index (κ3) is 3.09. The zero-order valence-corrected chi connectivity index (χ0v) is 13.4. The molecular weight excluding hydrogens is 294 g/mol. The second kappa shape index (κ2) is 6.15. The molecule has 0 aliphatic carbocycles. The minimum Gasteiger partial charge on any atom is -0.342 e. The number of fused-ring (bicyclic) bond motifs is 1. The summed E-state index contributed by atoms with van der Waals surface area (Å²) in [5.41, 5.74) is 2.87. The average molecular weight is 311 g/mol. The van der Waals surface area contributed by atoms with Gasteiger partial charge in [0.1, 0.15) is 0 Å². The van der Waals surface area contributed by atoms with Crippen molar-refractivity contribution >= 4 is 38.3 Å². The minimum absolute atomic E-state index is 0.0453. The lowest BCUT2D eigenvalue weighted by molar-refractivity contribution is -0.114. The highest BCUT2D eigenvalue weighted by Crippen LogP contribution is 2.27. The molecule has 4 nitrogen and oxygen atoms in total. The second-order valence-electron chi connectivity index (χ2n) is 5.18. The third-order valence-corrected chi connectivity index (χ3v) is 4.56. The molecule has 0 bridgehead atoms. The van der Waals surface area contributed by atoms with Crippen LogP contribution in [0, 0.1) is 6.92 Å². The van der Waals surface area contributed by atoms with E-state index in [1.165, 1.54) is 0 Å². The molecule has 0 fully saturated rings. The molecule has 2 aromatic carbocycles. The van der Waals surface area contributed by atoms with E-state index >= 15 is 0 Å². The van der Waals surface area contributed by atoms with Crippen molar-refractivity contribution in [3.8, 4) is 0 Å². The average Bonchev–Trinajstić information content (AvgIpc) is 2.93. The van der Waals surface area contributed by atoms with E-state index in [4.69, 9.17) is 0 Å². The summed E-state index contributed by atoms with van der Waals surface area (Å²) in [6.45, 7) is 2.25. The van der Waals surface area contributed by atoms with Gasteiger partial charge in [0, 0.05) is 12.7 Å². The number of aromatic nitrogens is 1. The van der Waals surface area contributed by atoms with Crippen LogP contribution in [0.25, 0.3) is 10.2 Å². The summed E-state index contributed by atoms with van der Waals surface area (Å²) in [7, 11) is 1.88. The van der Waals surface area contributed by atoms with Crippen molar-refractivity contribution in [3.63, 3.8) is 0 Å². The van der Waals surface area contributed by atoms with E-state index in [-0.39, 0.29) is 12.5 Å². The first kappa shape index (κ1) is 14.5. The number of thiazole rings is 1. The first-order valence-corrected chi connectivity index (χ1v) is 7.87. The normalized spacial score (nSPS) is 10.6. The summed E-state index contributed by atoms with van der Waals surface area (Å²) in [4.78, 5) is 18.6. The Morgan fingerprint density at radius 3 is 2.68 bits per heavy atom. The predicted octanol–water partition coefficient (Wildman–Crippen LogP) is 3.68. The van der Waals surface area contributed by atoms with Gasteiger partial charge in [-0.15, -0.1) is 0 Å². The van der Waals surface area contributed by atoms with Crippen molar-refractivity contribution in [2.75, 3.05) is 23.8 Å². The second-order valence-corrected chi connectivity index (χ2v) is 6.19. The number of rotatable bonds is 4. The Morgan fingerprint density at radius 2 is 1.91 bits per heavy atom. The molecule has 0 atom stereocenters. The fourth-order valence-electron chi connectivity index (χ4n) is 2.21. The summed E-state index contributed by atoms with van der Waals surface area (Å²) in [6, 6.07) is 15.7. The van der Waals surface area contributed by atoms with Crippen molar-refractivity contribution in [1.29, 1.82) is 0 Å². The van der Waals surface area contributed by atoms with Crippen LogP contribution in [0.3, 0.4) is 0 Å². The summed E-state index contributed by atoms with van der Waals surface area (Å²) >= 11 is 1.59. The molecule has 0 aliphatic rings. The van der Waals surface area contributed by atoms with Crippen LogP contribution in [0.1, 0.15) is 5.56 Å². The Morgan fingerprint density at radius 1 is 1.18 bits per heavy atom. The molecule has 0 spiro atoms. The largest absolute Gasteiger partial charge is 0.342 e. The molecule has 22 heavy (non-hydrogen) atoms. The lowest BCUT2D eigenvalue weighted by Crippen LogP contribution is -2.30. The number of carbonyl (C=O) groups is 1. The summed E-state index contributed by atoms with van der Waals surface area (Å²) in [5, 5.41) is 3.79. The molecule has 0 saturated heterocycles. The van der Waals surface area contributed by atoms with Gasteiger partial charge >= 0.3 is 0 Å². The van der Waals surface area contributed by atoms with Crippen LogP contribution in [-0.4, -0.2) is 24.5 Å². The Hall–Kier alpha value is -2.40. The quantitative estimate of drug-likeness (QED) is 0.799. The summed E-state index contributed by atoms with van der Waals surface area (Å²) in [5.74, 6) is -0.0453. The zero-order valence-electron chi connectivity index (χ0n) is 12.5. The van der Waals surface area contributed by atoms with E-state index in [9.17, 15) is 4.79 Å². The van der Waals surface area contributed by atoms with Gasteiger partial charge in [0.05, 0.1) is 16.8 Å². The van der Waals surface area contributed by atoms with Crippen molar-refractivity contribution in [1.82, 2.24) is 4.98 Å². The van der Waals surface area contributed by atoms with Gasteiger partial charge in [0.2, 0.25) is 5.91 Å². The highest BCUT2D eigenvalue weighted by molar-refractivity contribution is 7.22. The number of aryl methyl sites for hydroxylation is 1. The number of nitrogens with one attached hydrogen (secondary N) is 1. The highest BCUT2D eigenvalue weighted by atomic mass is 32.1. The van der Waals surface area contributed by atoms with E-state index in [1.807, 2.05) is 67.4 Å². The smallest absolute Gasteiger partial charge is 0.243 e. The molecular formula is C17H17N3OS. The van der Waals surface area contributed by atoms with Gasteiger partial charge < -0.3 is 10.2 Å². The molecule has 1 aromatic heterocycles. The Bertz CT molecular complexity index is 779. The van der Waals surface area contributed by atoms with Gasteiger partial charge in [-0.3, -0.25) is 4.79 Å². The Labute approximate surface area is 133 Å². The highest BCUT2D eigenvalue weighted by Gasteiger charge is 2.12. The Kier molecular flexibility index (Phi) is 4.06. The molecule has 3 rings (SSSR count). The molecule has 0 saturated carbocycles. The maximum atomic E-state index is 12.2. The van der Waals surface area contributed by atoms with Crippen LogP contribution >= 0.6 is 11.3 Å². The standard InChI is InChI=1S/C17H17N3OS/c1-12-7-3-4-8-13(12)18-16(21)11-20(2)17-19-14-9-5-6-10-15(14)22-17/h3-10H,11H2,1-2H3,(H,18,21). The number of hydrogen-bond acceptors (Lipinski definition) is 4. The van der Waals surface area contributed by atoms with Crippen LogP contribution < -0.4 is 10.2 Å². The fraction of sp³-hybridized carbons (Fsp3) is 0.176. The Balaban J connectivity index is 1.69. The first-order valence-electron chi connectivity index (χ1n) is 7.05. The molecule has 3 aromatic rings. The number of para-hydroxylation sites is 2. The van der Waals surface area contributed by atoms with Crippen LogP contribution in [0.4, 0.5) is 10.8 Å². The van der Waals surface area contributed by atoms with Gasteiger partial charge in [-0.25, -0.2) is 4.98 Å². The molecule has 1 N–H and O–H groups in total. The van der Waals surface area contributed by atoms with Crippen molar-refractivity contribution in [3.05, 3.63) is 54.1 Å². The summed E-state index contributed by atoms with van der Waals surface area (Å²) in [6.07, 6.45) is 0. The maximum absolute atomic E-state index is 12.2. The lowest BCUT2D eigenvalue weighted by atomic mass is 10.2. The maximum Gasteiger partial charge on any atom is 0.243 e. The van der Waals surface area contributed by atoms with E-state index in [1.54, 1.807) is 11.3 Å². The van der Waals surface area contributed by atoms with E-state index in [0.717, 1.165) is 26.6 Å². The minimum atomic E-state index is -0.0453. The molecule has 112 valence electrons. The van der Waals surface area contributed by atoms with Crippen molar-refractivity contribution in [2.45, 2.75) is 6.92 Å². The third-order valence-electron chi connectivity index (χ3n) is 3.41.